The van der Waals surface area contributed by atoms with Crippen molar-refractivity contribution in [1.82, 2.24) is 9.80 Å². The zero-order chi connectivity index (χ0) is 25.5. The number of halogens is 1. The van der Waals surface area contributed by atoms with Crippen LogP contribution < -0.4 is 9.47 Å². The first-order valence-electron chi connectivity index (χ1n) is 11.9. The van der Waals surface area contributed by atoms with Gasteiger partial charge in [-0.1, -0.05) is 19.9 Å². The number of Topliss-reactive ketones (excluding diaryl/α,β-unsaturated/α-hetero) is 1. The van der Waals surface area contributed by atoms with Crippen molar-refractivity contribution in [1.29, 1.82) is 0 Å². The average Bonchev–Trinajstić information content (AvgIpc) is 3.12. The lowest BCUT2D eigenvalue weighted by Gasteiger charge is -2.27. The van der Waals surface area contributed by atoms with Crippen LogP contribution in [0, 0.1) is 5.82 Å². The lowest BCUT2D eigenvalue weighted by atomic mass is 9.95. The summed E-state index contributed by atoms with van der Waals surface area (Å²) in [5.41, 5.74) is 0.835. The van der Waals surface area contributed by atoms with Crippen molar-refractivity contribution < 1.29 is 28.6 Å². The fourth-order valence-electron chi connectivity index (χ4n) is 4.35. The highest BCUT2D eigenvalue weighted by Gasteiger charge is 2.46. The third kappa shape index (κ3) is 5.65. The van der Waals surface area contributed by atoms with Crippen LogP contribution in [0.1, 0.15) is 44.4 Å². The van der Waals surface area contributed by atoms with Gasteiger partial charge in [-0.25, -0.2) is 4.39 Å². The van der Waals surface area contributed by atoms with Crippen LogP contribution in [0.3, 0.4) is 0 Å². The van der Waals surface area contributed by atoms with Gasteiger partial charge in [0, 0.05) is 12.1 Å². The fraction of sp³-hybridized carbons (Fsp3) is 0.407. The molecule has 1 N–H and O–H groups in total. The van der Waals surface area contributed by atoms with Gasteiger partial charge in [0.25, 0.3) is 11.7 Å². The first-order valence-corrected chi connectivity index (χ1v) is 11.9. The molecule has 1 saturated heterocycles. The molecule has 0 unspecified atom stereocenters. The summed E-state index contributed by atoms with van der Waals surface area (Å²) in [7, 11) is 1.52. The van der Waals surface area contributed by atoms with Gasteiger partial charge in [0.15, 0.2) is 11.5 Å². The Morgan fingerprint density at radius 1 is 1.06 bits per heavy atom. The number of hydrogen-bond acceptors (Lipinski definition) is 6. The summed E-state index contributed by atoms with van der Waals surface area (Å²) in [5.74, 6) is -1.26. The second-order valence-corrected chi connectivity index (χ2v) is 8.22. The van der Waals surface area contributed by atoms with Gasteiger partial charge >= 0.3 is 0 Å². The molecule has 188 valence electrons. The third-order valence-electron chi connectivity index (χ3n) is 6.23. The predicted molar refractivity (Wildman–Crippen MR) is 132 cm³/mol. The van der Waals surface area contributed by atoms with Crippen molar-refractivity contribution in [3.63, 3.8) is 0 Å². The molecule has 0 saturated carbocycles. The van der Waals surface area contributed by atoms with E-state index < -0.39 is 23.5 Å². The van der Waals surface area contributed by atoms with Gasteiger partial charge in [-0.3, -0.25) is 9.59 Å². The number of ketones is 1. The van der Waals surface area contributed by atoms with E-state index in [0.717, 1.165) is 19.6 Å². The molecule has 0 aromatic heterocycles. The van der Waals surface area contributed by atoms with E-state index in [0.29, 0.717) is 36.6 Å². The Labute approximate surface area is 205 Å². The maximum atomic E-state index is 13.5. The van der Waals surface area contributed by atoms with Gasteiger partial charge < -0.3 is 24.4 Å². The van der Waals surface area contributed by atoms with E-state index in [1.54, 1.807) is 18.2 Å². The number of aliphatic hydroxyl groups excluding tert-OH is 1. The molecule has 0 radical (unpaired) electrons. The molecule has 0 aliphatic carbocycles. The largest absolute Gasteiger partial charge is 0.507 e. The van der Waals surface area contributed by atoms with E-state index >= 15 is 0 Å². The lowest BCUT2D eigenvalue weighted by molar-refractivity contribution is -0.140. The Morgan fingerprint density at radius 3 is 2.34 bits per heavy atom. The van der Waals surface area contributed by atoms with Crippen molar-refractivity contribution >= 4 is 17.4 Å². The second kappa shape index (κ2) is 11.8. The van der Waals surface area contributed by atoms with Crippen molar-refractivity contribution in [2.75, 3.05) is 39.9 Å². The van der Waals surface area contributed by atoms with Gasteiger partial charge in [0.2, 0.25) is 0 Å². The minimum atomic E-state index is -0.818. The number of benzene rings is 2. The Bertz CT molecular complexity index is 1080. The second-order valence-electron chi connectivity index (χ2n) is 8.22. The van der Waals surface area contributed by atoms with Gasteiger partial charge in [-0.05, 0) is 74.9 Å². The molecular formula is C27H33FN2O5. The summed E-state index contributed by atoms with van der Waals surface area (Å²) in [6.45, 7) is 9.34. The van der Waals surface area contributed by atoms with Crippen LogP contribution in [-0.2, 0) is 9.59 Å². The summed E-state index contributed by atoms with van der Waals surface area (Å²) in [4.78, 5) is 30.0. The van der Waals surface area contributed by atoms with E-state index in [1.165, 1.54) is 36.3 Å². The number of rotatable bonds is 11. The van der Waals surface area contributed by atoms with Crippen molar-refractivity contribution in [3.8, 4) is 11.5 Å². The van der Waals surface area contributed by atoms with E-state index in [-0.39, 0.29) is 16.9 Å². The standard InChI is InChI=1S/C27H33FN2O5/c1-5-29(6-2)15-8-16-30-24(19-11-14-21(35-7-3)22(17-19)34-4)23(26(32)27(30)33)25(31)18-9-12-20(28)13-10-18/h9-14,17,24,31H,5-8,15-16H2,1-4H3/b25-23+/t24-/m0/s1. The maximum Gasteiger partial charge on any atom is 0.295 e. The van der Waals surface area contributed by atoms with Crippen LogP contribution in [-0.4, -0.2) is 66.5 Å². The molecule has 2 aromatic carbocycles. The zero-order valence-electron chi connectivity index (χ0n) is 20.7. The fourth-order valence-corrected chi connectivity index (χ4v) is 4.35. The molecule has 7 nitrogen and oxygen atoms in total. The van der Waals surface area contributed by atoms with E-state index in [1.807, 2.05) is 6.92 Å². The van der Waals surface area contributed by atoms with Crippen LogP contribution in [0.5, 0.6) is 11.5 Å². The normalized spacial score (nSPS) is 17.3. The molecule has 1 heterocycles. The molecule has 1 aliphatic heterocycles. The first-order chi connectivity index (χ1) is 16.9. The molecule has 1 aliphatic rings. The monoisotopic (exact) mass is 484 g/mol. The number of likely N-dealkylation sites (tertiary alicyclic amines) is 1. The molecule has 0 bridgehead atoms. The zero-order valence-corrected chi connectivity index (χ0v) is 20.7. The Kier molecular flexibility index (Phi) is 8.87. The molecular weight excluding hydrogens is 451 g/mol. The number of amides is 1. The molecule has 1 amide bonds. The Morgan fingerprint density at radius 2 is 1.74 bits per heavy atom. The quantitative estimate of drug-likeness (QED) is 0.290. The number of aliphatic hydroxyl groups is 1. The summed E-state index contributed by atoms with van der Waals surface area (Å²) < 4.78 is 24.6. The molecule has 0 spiro atoms. The highest BCUT2D eigenvalue weighted by atomic mass is 19.1. The predicted octanol–water partition coefficient (Wildman–Crippen LogP) is 4.39. The summed E-state index contributed by atoms with van der Waals surface area (Å²) in [6, 6.07) is 9.56. The highest BCUT2D eigenvalue weighted by molar-refractivity contribution is 6.46. The van der Waals surface area contributed by atoms with Crippen molar-refractivity contribution in [2.45, 2.75) is 33.2 Å². The summed E-state index contributed by atoms with van der Waals surface area (Å²) in [5, 5.41) is 11.1. The minimum absolute atomic E-state index is 0.0318. The van der Waals surface area contributed by atoms with Crippen LogP contribution in [0.15, 0.2) is 48.0 Å². The number of methoxy groups -OCH3 is 1. The average molecular weight is 485 g/mol. The summed E-state index contributed by atoms with van der Waals surface area (Å²) >= 11 is 0. The molecule has 2 aromatic rings. The van der Waals surface area contributed by atoms with Gasteiger partial charge in [-0.2, -0.15) is 0 Å². The van der Waals surface area contributed by atoms with E-state index in [9.17, 15) is 19.1 Å². The van der Waals surface area contributed by atoms with Gasteiger partial charge in [-0.15, -0.1) is 0 Å². The van der Waals surface area contributed by atoms with Gasteiger partial charge in [0.05, 0.1) is 25.3 Å². The van der Waals surface area contributed by atoms with Crippen LogP contribution in [0.4, 0.5) is 4.39 Å². The lowest BCUT2D eigenvalue weighted by Crippen LogP contribution is -2.33. The first kappa shape index (κ1) is 26.2. The summed E-state index contributed by atoms with van der Waals surface area (Å²) in [6.07, 6.45) is 0.663. The van der Waals surface area contributed by atoms with Crippen molar-refractivity contribution in [2.24, 2.45) is 0 Å². The number of carbonyl (C=O) groups excluding carboxylic acids is 2. The molecule has 35 heavy (non-hydrogen) atoms. The molecule has 1 fully saturated rings. The number of nitrogens with zero attached hydrogens (tertiary/aromatic N) is 2. The van der Waals surface area contributed by atoms with Crippen LogP contribution in [0.25, 0.3) is 5.76 Å². The SMILES string of the molecule is CCOc1ccc([C@H]2/C(=C(\O)c3ccc(F)cc3)C(=O)C(=O)N2CCCN(CC)CC)cc1OC. The molecule has 3 rings (SSSR count). The molecule has 8 heteroatoms. The van der Waals surface area contributed by atoms with Gasteiger partial charge in [0.1, 0.15) is 11.6 Å². The minimum Gasteiger partial charge on any atom is -0.507 e. The third-order valence-corrected chi connectivity index (χ3v) is 6.23. The van der Waals surface area contributed by atoms with Crippen molar-refractivity contribution in [3.05, 3.63) is 65.0 Å². The Hall–Kier alpha value is -3.39. The van der Waals surface area contributed by atoms with E-state index in [4.69, 9.17) is 9.47 Å². The topological polar surface area (TPSA) is 79.3 Å². The highest BCUT2D eigenvalue weighted by Crippen LogP contribution is 2.42. The number of carbonyl (C=O) groups is 2. The molecule has 1 atom stereocenters. The number of hydrogen-bond donors (Lipinski definition) is 1. The smallest absolute Gasteiger partial charge is 0.295 e. The number of ether oxygens (including phenoxy) is 2. The van der Waals surface area contributed by atoms with Crippen LogP contribution in [0.2, 0.25) is 0 Å². The van der Waals surface area contributed by atoms with E-state index in [2.05, 4.69) is 18.7 Å². The van der Waals surface area contributed by atoms with Crippen LogP contribution >= 0.6 is 0 Å². The maximum absolute atomic E-state index is 13.5. The Balaban J connectivity index is 2.08.